The van der Waals surface area contributed by atoms with Crippen molar-refractivity contribution in [2.45, 2.75) is 194 Å². The van der Waals surface area contributed by atoms with Crippen LogP contribution in [0.1, 0.15) is 187 Å². The summed E-state index contributed by atoms with van der Waals surface area (Å²) in [5.74, 6) is 5.19. The molecule has 0 saturated heterocycles. The summed E-state index contributed by atoms with van der Waals surface area (Å²) in [6.45, 7) is 9.25. The van der Waals surface area contributed by atoms with Gasteiger partial charge in [-0.3, -0.25) is 9.59 Å². The number of carbonyl (C=O) groups is 2. The van der Waals surface area contributed by atoms with E-state index in [-0.39, 0.29) is 23.5 Å². The normalized spacial score (nSPS) is 26.3. The number of aryl methyl sites for hydroxylation is 1. The number of ether oxygens (including phenoxy) is 2. The van der Waals surface area contributed by atoms with E-state index in [1.54, 1.807) is 5.57 Å². The Kier molecular flexibility index (Phi) is 22.4. The van der Waals surface area contributed by atoms with Crippen LogP contribution < -0.4 is 4.90 Å². The van der Waals surface area contributed by atoms with Crippen LogP contribution in [0.5, 0.6) is 0 Å². The number of allylic oxidation sites excluding steroid dienone is 3. The first kappa shape index (κ1) is 50.0. The number of fused-ring (bicyclic) bond motifs is 5. The average Bonchev–Trinajstić information content (AvgIpc) is 3.71. The van der Waals surface area contributed by atoms with Gasteiger partial charge in [-0.15, -0.1) is 23.2 Å². The first-order valence-corrected chi connectivity index (χ1v) is 26.5. The highest BCUT2D eigenvalue weighted by Crippen LogP contribution is 2.63. The number of unbranched alkanes of at least 4 members (excludes halogenated alkanes) is 12. The van der Waals surface area contributed by atoms with Gasteiger partial charge in [0.15, 0.2) is 0 Å². The Bertz CT molecular complexity index is 1470. The van der Waals surface area contributed by atoms with E-state index in [4.69, 9.17) is 32.7 Å². The highest BCUT2D eigenvalue weighted by atomic mass is 35.5. The van der Waals surface area contributed by atoms with Crippen molar-refractivity contribution >= 4 is 40.8 Å². The standard InChI is InChI=1S/C54H85Cl2NO4/c1-4-5-6-7-8-9-10-11-12-13-14-15-16-17-18-19-22-53(59)61-46-34-35-54(3)44(40-46)26-29-50-49-31-30-47(48(49)32-33-51(50)54)42(2)41-60-52(58)23-20-21-43-24-27-45(28-25-43)57(38-36-55)39-37-56/h11-12,24-28,42,46-51H,4-10,13-23,29-41H2,1-3H3/b12-11-/t42?,46-,47+,48?,49+,50-,51-,54-/m0/s1. The maximum atomic E-state index is 12.9. The zero-order valence-corrected chi connectivity index (χ0v) is 40.4. The van der Waals surface area contributed by atoms with Crippen molar-refractivity contribution in [3.8, 4) is 0 Å². The lowest BCUT2D eigenvalue weighted by Gasteiger charge is -2.55. The first-order valence-electron chi connectivity index (χ1n) is 25.4. The van der Waals surface area contributed by atoms with Crippen molar-refractivity contribution < 1.29 is 19.1 Å². The Morgan fingerprint density at radius 1 is 0.770 bits per heavy atom. The third kappa shape index (κ3) is 15.6. The maximum absolute atomic E-state index is 12.9. The molecule has 0 amide bonds. The molecule has 4 aliphatic rings. The number of alkyl halides is 2. The smallest absolute Gasteiger partial charge is 0.306 e. The SMILES string of the molecule is CCCCCCCC/C=C\CCCCCCCCC(=O)O[C@H]1CC[C@@]2(C)C(=CC[C@H]3[C@@H]4CC[C@H](C(C)COC(=O)CCCc5ccc(N(CCCl)CCCl)cc5)C4CC[C@@H]32)C1. The minimum atomic E-state index is -0.0605. The second-order valence-electron chi connectivity index (χ2n) is 19.9. The molecule has 3 saturated carbocycles. The summed E-state index contributed by atoms with van der Waals surface area (Å²) < 4.78 is 12.1. The van der Waals surface area contributed by atoms with Crippen molar-refractivity contribution in [3.05, 3.63) is 53.6 Å². The van der Waals surface area contributed by atoms with E-state index < -0.39 is 0 Å². The van der Waals surface area contributed by atoms with Gasteiger partial charge < -0.3 is 14.4 Å². The summed E-state index contributed by atoms with van der Waals surface area (Å²) in [5.41, 5.74) is 4.20. The molecule has 0 aromatic heterocycles. The summed E-state index contributed by atoms with van der Waals surface area (Å²) in [5, 5.41) is 0. The predicted octanol–water partition coefficient (Wildman–Crippen LogP) is 15.0. The van der Waals surface area contributed by atoms with Gasteiger partial charge in [-0.25, -0.2) is 0 Å². The molecular formula is C54H85Cl2NO4. The van der Waals surface area contributed by atoms with Crippen LogP contribution in [0.25, 0.3) is 0 Å². The van der Waals surface area contributed by atoms with Crippen LogP contribution in [-0.4, -0.2) is 49.5 Å². The van der Waals surface area contributed by atoms with Crippen LogP contribution in [0, 0.1) is 40.9 Å². The molecule has 5 rings (SSSR count). The fourth-order valence-electron chi connectivity index (χ4n) is 12.2. The van der Waals surface area contributed by atoms with E-state index in [0.29, 0.717) is 43.0 Å². The molecule has 0 bridgehead atoms. The number of nitrogens with zero attached hydrogens (tertiary/aromatic N) is 1. The highest BCUT2D eigenvalue weighted by Gasteiger charge is 2.55. The summed E-state index contributed by atoms with van der Waals surface area (Å²) >= 11 is 12.0. The van der Waals surface area contributed by atoms with E-state index in [0.717, 1.165) is 87.4 Å². The van der Waals surface area contributed by atoms with Gasteiger partial charge in [-0.1, -0.05) is 114 Å². The Morgan fingerprint density at radius 3 is 2.10 bits per heavy atom. The Balaban J connectivity index is 0.938. The fraction of sp³-hybridized carbons (Fsp3) is 0.778. The molecular weight excluding hydrogens is 798 g/mol. The molecule has 2 unspecified atom stereocenters. The molecule has 61 heavy (non-hydrogen) atoms. The summed E-state index contributed by atoms with van der Waals surface area (Å²) in [6.07, 6.45) is 37.5. The summed E-state index contributed by atoms with van der Waals surface area (Å²) in [6, 6.07) is 8.56. The molecule has 1 aromatic carbocycles. The van der Waals surface area contributed by atoms with Gasteiger partial charge in [0.1, 0.15) is 6.10 Å². The average molecular weight is 883 g/mol. The lowest BCUT2D eigenvalue weighted by atomic mass is 9.50. The fourth-order valence-corrected chi connectivity index (χ4v) is 12.6. The molecule has 1 aromatic rings. The molecule has 4 aliphatic carbocycles. The van der Waals surface area contributed by atoms with E-state index in [9.17, 15) is 9.59 Å². The van der Waals surface area contributed by atoms with Crippen LogP contribution in [0.4, 0.5) is 5.69 Å². The van der Waals surface area contributed by atoms with Crippen molar-refractivity contribution in [2.24, 2.45) is 40.9 Å². The van der Waals surface area contributed by atoms with E-state index >= 15 is 0 Å². The minimum absolute atomic E-state index is 0.0198. The molecule has 0 spiro atoms. The second-order valence-corrected chi connectivity index (χ2v) is 20.6. The van der Waals surface area contributed by atoms with Crippen molar-refractivity contribution in [1.29, 1.82) is 0 Å². The third-order valence-corrected chi connectivity index (χ3v) is 16.1. The number of esters is 2. The molecule has 0 N–H and O–H groups in total. The molecule has 0 aliphatic heterocycles. The zero-order valence-electron chi connectivity index (χ0n) is 38.8. The van der Waals surface area contributed by atoms with E-state index in [1.807, 2.05) is 0 Å². The number of carbonyl (C=O) groups excluding carboxylic acids is 2. The lowest BCUT2D eigenvalue weighted by Crippen LogP contribution is -2.48. The monoisotopic (exact) mass is 882 g/mol. The first-order chi connectivity index (χ1) is 29.8. The topological polar surface area (TPSA) is 55.8 Å². The molecule has 0 radical (unpaired) electrons. The van der Waals surface area contributed by atoms with Crippen molar-refractivity contribution in [2.75, 3.05) is 36.4 Å². The van der Waals surface area contributed by atoms with E-state index in [2.05, 4.69) is 68.2 Å². The van der Waals surface area contributed by atoms with Gasteiger partial charge >= 0.3 is 11.9 Å². The number of hydrogen-bond acceptors (Lipinski definition) is 5. The maximum Gasteiger partial charge on any atom is 0.306 e. The lowest BCUT2D eigenvalue weighted by molar-refractivity contribution is -0.151. The zero-order chi connectivity index (χ0) is 43.3. The van der Waals surface area contributed by atoms with Gasteiger partial charge in [0.25, 0.3) is 0 Å². The van der Waals surface area contributed by atoms with Crippen LogP contribution in [0.2, 0.25) is 0 Å². The summed E-state index contributed by atoms with van der Waals surface area (Å²) in [4.78, 5) is 27.9. The molecule has 5 nitrogen and oxygen atoms in total. The number of anilines is 1. The number of halogens is 2. The minimum Gasteiger partial charge on any atom is -0.465 e. The third-order valence-electron chi connectivity index (χ3n) is 15.7. The molecule has 3 fully saturated rings. The number of hydrogen-bond donors (Lipinski definition) is 0. The highest BCUT2D eigenvalue weighted by molar-refractivity contribution is 6.18. The number of rotatable bonds is 29. The quantitative estimate of drug-likeness (QED) is 0.0347. The molecule has 344 valence electrons. The van der Waals surface area contributed by atoms with E-state index in [1.165, 1.54) is 115 Å². The Morgan fingerprint density at radius 2 is 1.41 bits per heavy atom. The van der Waals surface area contributed by atoms with Gasteiger partial charge in [0, 0.05) is 49.8 Å². The summed E-state index contributed by atoms with van der Waals surface area (Å²) in [7, 11) is 0. The molecule has 8 atom stereocenters. The Hall–Kier alpha value is -1.98. The van der Waals surface area contributed by atoms with Crippen molar-refractivity contribution in [3.63, 3.8) is 0 Å². The largest absolute Gasteiger partial charge is 0.465 e. The molecule has 0 heterocycles. The Labute approximate surface area is 382 Å². The van der Waals surface area contributed by atoms with Crippen LogP contribution in [0.15, 0.2) is 48.1 Å². The van der Waals surface area contributed by atoms with Gasteiger partial charge in [-0.05, 0) is 149 Å². The predicted molar refractivity (Wildman–Crippen MR) is 258 cm³/mol. The second kappa shape index (κ2) is 27.4. The van der Waals surface area contributed by atoms with Gasteiger partial charge in [-0.2, -0.15) is 0 Å². The van der Waals surface area contributed by atoms with Crippen LogP contribution in [0.3, 0.4) is 0 Å². The van der Waals surface area contributed by atoms with Gasteiger partial charge in [0.05, 0.1) is 6.61 Å². The van der Waals surface area contributed by atoms with Crippen LogP contribution >= 0.6 is 23.2 Å². The van der Waals surface area contributed by atoms with Gasteiger partial charge in [0.2, 0.25) is 0 Å². The molecule has 7 heteroatoms. The number of benzene rings is 1. The van der Waals surface area contributed by atoms with Crippen molar-refractivity contribution in [1.82, 2.24) is 0 Å². The van der Waals surface area contributed by atoms with Crippen LogP contribution in [-0.2, 0) is 25.5 Å².